The number of carboxylic acid groups (broad SMARTS) is 1. The Balaban J connectivity index is 1.96. The van der Waals surface area contributed by atoms with E-state index in [1.165, 1.54) is 4.90 Å². The fourth-order valence-electron chi connectivity index (χ4n) is 2.73. The summed E-state index contributed by atoms with van der Waals surface area (Å²) in [6, 6.07) is -0.725. The second-order valence-corrected chi connectivity index (χ2v) is 5.06. The highest BCUT2D eigenvalue weighted by Gasteiger charge is 2.40. The van der Waals surface area contributed by atoms with Gasteiger partial charge in [0.2, 0.25) is 5.91 Å². The molecular formula is C12H20N2O4. The zero-order valence-electron chi connectivity index (χ0n) is 10.6. The Morgan fingerprint density at radius 2 is 2.28 bits per heavy atom. The SMILES string of the molecule is COC1CC(C(=O)O)N(C(=O)CC2CCNC2)C1. The van der Waals surface area contributed by atoms with Gasteiger partial charge in [0.15, 0.2) is 0 Å². The maximum Gasteiger partial charge on any atom is 0.326 e. The van der Waals surface area contributed by atoms with Crippen molar-refractivity contribution in [3.63, 3.8) is 0 Å². The van der Waals surface area contributed by atoms with E-state index in [0.717, 1.165) is 19.5 Å². The van der Waals surface area contributed by atoms with Crippen molar-refractivity contribution in [2.24, 2.45) is 5.92 Å². The molecule has 2 heterocycles. The third-order valence-electron chi connectivity index (χ3n) is 3.83. The number of carboxylic acids is 1. The normalized spacial score (nSPS) is 31.8. The summed E-state index contributed by atoms with van der Waals surface area (Å²) in [6.45, 7) is 2.19. The topological polar surface area (TPSA) is 78.9 Å². The highest BCUT2D eigenvalue weighted by molar-refractivity contribution is 5.84. The fourth-order valence-corrected chi connectivity index (χ4v) is 2.73. The first-order valence-electron chi connectivity index (χ1n) is 6.37. The van der Waals surface area contributed by atoms with Gasteiger partial charge >= 0.3 is 5.97 Å². The molecular weight excluding hydrogens is 236 g/mol. The third kappa shape index (κ3) is 2.81. The summed E-state index contributed by atoms with van der Waals surface area (Å²) in [5.74, 6) is -0.656. The van der Waals surface area contributed by atoms with E-state index in [9.17, 15) is 9.59 Å². The largest absolute Gasteiger partial charge is 0.480 e. The van der Waals surface area contributed by atoms with Crippen molar-refractivity contribution in [3.05, 3.63) is 0 Å². The lowest BCUT2D eigenvalue weighted by Gasteiger charge is -2.22. The minimum Gasteiger partial charge on any atom is -0.480 e. The predicted octanol–water partition coefficient (Wildman–Crippen LogP) is -0.313. The van der Waals surface area contributed by atoms with Crippen LogP contribution in [0, 0.1) is 5.92 Å². The number of hydrogen-bond donors (Lipinski definition) is 2. The quantitative estimate of drug-likeness (QED) is 0.721. The van der Waals surface area contributed by atoms with Gasteiger partial charge in [0.25, 0.3) is 0 Å². The highest BCUT2D eigenvalue weighted by atomic mass is 16.5. The molecule has 2 rings (SSSR count). The molecule has 0 radical (unpaired) electrons. The molecule has 18 heavy (non-hydrogen) atoms. The van der Waals surface area contributed by atoms with E-state index in [4.69, 9.17) is 9.84 Å². The number of rotatable bonds is 4. The summed E-state index contributed by atoms with van der Waals surface area (Å²) >= 11 is 0. The van der Waals surface area contributed by atoms with Gasteiger partial charge in [-0.05, 0) is 25.4 Å². The van der Waals surface area contributed by atoms with Crippen LogP contribution < -0.4 is 5.32 Å². The van der Waals surface area contributed by atoms with Crippen molar-refractivity contribution in [1.29, 1.82) is 0 Å². The fraction of sp³-hybridized carbons (Fsp3) is 0.833. The number of hydrogen-bond acceptors (Lipinski definition) is 4. The van der Waals surface area contributed by atoms with Crippen molar-refractivity contribution in [3.8, 4) is 0 Å². The predicted molar refractivity (Wildman–Crippen MR) is 64.1 cm³/mol. The second kappa shape index (κ2) is 5.67. The molecule has 6 nitrogen and oxygen atoms in total. The summed E-state index contributed by atoms with van der Waals surface area (Å²) in [7, 11) is 1.55. The molecule has 3 atom stereocenters. The maximum atomic E-state index is 12.2. The second-order valence-electron chi connectivity index (χ2n) is 5.06. The van der Waals surface area contributed by atoms with Gasteiger partial charge in [0.05, 0.1) is 6.10 Å². The molecule has 2 aliphatic heterocycles. The lowest BCUT2D eigenvalue weighted by Crippen LogP contribution is -2.41. The van der Waals surface area contributed by atoms with Gasteiger partial charge in [-0.25, -0.2) is 4.79 Å². The van der Waals surface area contributed by atoms with Crippen LogP contribution >= 0.6 is 0 Å². The molecule has 102 valence electrons. The summed E-state index contributed by atoms with van der Waals surface area (Å²) in [6.07, 6.45) is 1.66. The third-order valence-corrected chi connectivity index (χ3v) is 3.83. The Morgan fingerprint density at radius 1 is 1.50 bits per heavy atom. The Hall–Kier alpha value is -1.14. The Kier molecular flexibility index (Phi) is 4.19. The smallest absolute Gasteiger partial charge is 0.326 e. The van der Waals surface area contributed by atoms with Crippen LogP contribution in [0.2, 0.25) is 0 Å². The summed E-state index contributed by atoms with van der Waals surface area (Å²) < 4.78 is 5.17. The van der Waals surface area contributed by atoms with Crippen LogP contribution in [0.1, 0.15) is 19.3 Å². The molecule has 2 fully saturated rings. The number of carbonyl (C=O) groups excluding carboxylic acids is 1. The van der Waals surface area contributed by atoms with Crippen LogP contribution in [0.4, 0.5) is 0 Å². The molecule has 0 bridgehead atoms. The monoisotopic (exact) mass is 256 g/mol. The minimum absolute atomic E-state index is 0.0596. The average Bonchev–Trinajstić information content (AvgIpc) is 2.96. The first-order chi connectivity index (χ1) is 8.61. The number of amides is 1. The molecule has 3 unspecified atom stereocenters. The van der Waals surface area contributed by atoms with Crippen LogP contribution in [0.3, 0.4) is 0 Å². The number of carbonyl (C=O) groups is 2. The van der Waals surface area contributed by atoms with Crippen LogP contribution in [-0.4, -0.2) is 60.8 Å². The Morgan fingerprint density at radius 3 is 2.83 bits per heavy atom. The highest BCUT2D eigenvalue weighted by Crippen LogP contribution is 2.23. The molecule has 2 saturated heterocycles. The van der Waals surface area contributed by atoms with Crippen molar-refractivity contribution in [2.45, 2.75) is 31.4 Å². The zero-order valence-corrected chi connectivity index (χ0v) is 10.6. The number of aliphatic carboxylic acids is 1. The van der Waals surface area contributed by atoms with Gasteiger partial charge in [0, 0.05) is 26.5 Å². The number of likely N-dealkylation sites (tertiary alicyclic amines) is 1. The lowest BCUT2D eigenvalue weighted by molar-refractivity contribution is -0.148. The molecule has 1 amide bonds. The molecule has 0 saturated carbocycles. The van der Waals surface area contributed by atoms with Gasteiger partial charge < -0.3 is 20.1 Å². The van der Waals surface area contributed by atoms with Crippen molar-refractivity contribution in [1.82, 2.24) is 10.2 Å². The van der Waals surface area contributed by atoms with Gasteiger partial charge in [-0.3, -0.25) is 4.79 Å². The first-order valence-corrected chi connectivity index (χ1v) is 6.37. The van der Waals surface area contributed by atoms with E-state index in [2.05, 4.69) is 5.32 Å². The van der Waals surface area contributed by atoms with Crippen LogP contribution in [0.15, 0.2) is 0 Å². The van der Waals surface area contributed by atoms with Gasteiger partial charge in [-0.2, -0.15) is 0 Å². The van der Waals surface area contributed by atoms with E-state index in [1.807, 2.05) is 0 Å². The molecule has 0 aliphatic carbocycles. The van der Waals surface area contributed by atoms with Crippen molar-refractivity contribution in [2.75, 3.05) is 26.7 Å². The summed E-state index contributed by atoms with van der Waals surface area (Å²) in [5.41, 5.74) is 0. The summed E-state index contributed by atoms with van der Waals surface area (Å²) in [4.78, 5) is 24.8. The Bertz CT molecular complexity index is 328. The molecule has 2 N–H and O–H groups in total. The molecule has 0 aromatic carbocycles. The zero-order chi connectivity index (χ0) is 13.1. The average molecular weight is 256 g/mol. The standard InChI is InChI=1S/C12H20N2O4/c1-18-9-5-10(12(16)17)14(7-9)11(15)4-8-2-3-13-6-8/h8-10,13H,2-7H2,1H3,(H,16,17). The van der Waals surface area contributed by atoms with E-state index in [-0.39, 0.29) is 12.0 Å². The van der Waals surface area contributed by atoms with Crippen LogP contribution in [-0.2, 0) is 14.3 Å². The Labute approximate surface area is 106 Å². The van der Waals surface area contributed by atoms with E-state index < -0.39 is 12.0 Å². The number of nitrogens with zero attached hydrogens (tertiary/aromatic N) is 1. The summed E-state index contributed by atoms with van der Waals surface area (Å²) in [5, 5.41) is 12.4. The van der Waals surface area contributed by atoms with Gasteiger partial charge in [0.1, 0.15) is 6.04 Å². The van der Waals surface area contributed by atoms with E-state index in [0.29, 0.717) is 25.3 Å². The van der Waals surface area contributed by atoms with Gasteiger partial charge in [-0.15, -0.1) is 0 Å². The van der Waals surface area contributed by atoms with Crippen LogP contribution in [0.5, 0.6) is 0 Å². The number of ether oxygens (including phenoxy) is 1. The number of methoxy groups -OCH3 is 1. The molecule has 6 heteroatoms. The maximum absolute atomic E-state index is 12.2. The van der Waals surface area contributed by atoms with E-state index in [1.54, 1.807) is 7.11 Å². The lowest BCUT2D eigenvalue weighted by atomic mass is 10.0. The van der Waals surface area contributed by atoms with Crippen molar-refractivity contribution < 1.29 is 19.4 Å². The molecule has 2 aliphatic rings. The molecule has 0 aromatic heterocycles. The molecule has 0 aromatic rings. The van der Waals surface area contributed by atoms with Crippen molar-refractivity contribution >= 4 is 11.9 Å². The first kappa shape index (κ1) is 13.3. The number of nitrogens with one attached hydrogen (secondary N) is 1. The minimum atomic E-state index is -0.938. The van der Waals surface area contributed by atoms with E-state index >= 15 is 0 Å². The molecule has 0 spiro atoms. The van der Waals surface area contributed by atoms with Crippen LogP contribution in [0.25, 0.3) is 0 Å². The van der Waals surface area contributed by atoms with Gasteiger partial charge in [-0.1, -0.05) is 0 Å².